The zero-order valence-corrected chi connectivity index (χ0v) is 10.9. The average molecular weight is 216 g/mol. The number of esters is 1. The fraction of sp³-hybridized carbons (Fsp3) is 0.917. The smallest absolute Gasteiger partial charge is 0.362 e. The second kappa shape index (κ2) is 6.83. The SMILES string of the molecule is CCCCC(CC)OC(=O)C[N+](C)(C)C. The minimum Gasteiger partial charge on any atom is -0.458 e. The van der Waals surface area contributed by atoms with Gasteiger partial charge in [-0.1, -0.05) is 26.7 Å². The lowest BCUT2D eigenvalue weighted by Crippen LogP contribution is -2.41. The molecule has 0 aromatic heterocycles. The number of carbonyl (C=O) groups excluding carboxylic acids is 1. The molecule has 3 heteroatoms. The molecule has 0 aliphatic rings. The highest BCUT2D eigenvalue weighted by atomic mass is 16.5. The van der Waals surface area contributed by atoms with Gasteiger partial charge in [-0.2, -0.15) is 0 Å². The number of ether oxygens (including phenoxy) is 1. The van der Waals surface area contributed by atoms with Crippen molar-refractivity contribution in [3.8, 4) is 0 Å². The van der Waals surface area contributed by atoms with Crippen molar-refractivity contribution in [2.45, 2.75) is 45.6 Å². The molecule has 0 fully saturated rings. The first-order valence-corrected chi connectivity index (χ1v) is 5.89. The Bertz CT molecular complexity index is 185. The van der Waals surface area contributed by atoms with Gasteiger partial charge in [0.2, 0.25) is 0 Å². The molecule has 0 aromatic rings. The maximum absolute atomic E-state index is 11.6. The third-order valence-electron chi connectivity index (χ3n) is 2.24. The van der Waals surface area contributed by atoms with Gasteiger partial charge in [0, 0.05) is 0 Å². The molecule has 0 heterocycles. The van der Waals surface area contributed by atoms with Crippen molar-refractivity contribution in [1.82, 2.24) is 0 Å². The minimum absolute atomic E-state index is 0.0783. The predicted octanol–water partition coefficient (Wildman–Crippen LogP) is 2.20. The molecule has 0 aliphatic carbocycles. The standard InChI is InChI=1S/C12H26NO2/c1-6-8-9-11(7-2)15-12(14)10-13(3,4)5/h11H,6-10H2,1-5H3/q+1. The van der Waals surface area contributed by atoms with E-state index < -0.39 is 0 Å². The Balaban J connectivity index is 3.91. The second-order valence-corrected chi connectivity index (χ2v) is 5.11. The molecule has 0 saturated heterocycles. The topological polar surface area (TPSA) is 26.3 Å². The molecule has 0 aliphatic heterocycles. The summed E-state index contributed by atoms with van der Waals surface area (Å²) in [7, 11) is 5.98. The van der Waals surface area contributed by atoms with Crippen LogP contribution in [0.3, 0.4) is 0 Å². The highest BCUT2D eigenvalue weighted by molar-refractivity contribution is 5.70. The maximum atomic E-state index is 11.6. The van der Waals surface area contributed by atoms with Crippen LogP contribution in [0.2, 0.25) is 0 Å². The molecule has 0 bridgehead atoms. The molecule has 90 valence electrons. The summed E-state index contributed by atoms with van der Waals surface area (Å²) in [5, 5.41) is 0. The van der Waals surface area contributed by atoms with Gasteiger partial charge in [0.05, 0.1) is 21.1 Å². The van der Waals surface area contributed by atoms with Gasteiger partial charge in [-0.15, -0.1) is 0 Å². The van der Waals surface area contributed by atoms with Crippen LogP contribution in [0.4, 0.5) is 0 Å². The van der Waals surface area contributed by atoms with Crippen molar-refractivity contribution in [3.63, 3.8) is 0 Å². The van der Waals surface area contributed by atoms with Gasteiger partial charge in [0.25, 0.3) is 0 Å². The summed E-state index contributed by atoms with van der Waals surface area (Å²) in [4.78, 5) is 11.6. The fourth-order valence-corrected chi connectivity index (χ4v) is 1.39. The third-order valence-corrected chi connectivity index (χ3v) is 2.24. The molecule has 1 atom stereocenters. The Morgan fingerprint density at radius 1 is 1.27 bits per heavy atom. The van der Waals surface area contributed by atoms with E-state index >= 15 is 0 Å². The lowest BCUT2D eigenvalue weighted by molar-refractivity contribution is -0.862. The summed E-state index contributed by atoms with van der Waals surface area (Å²) in [6, 6.07) is 0. The summed E-state index contributed by atoms with van der Waals surface area (Å²) >= 11 is 0. The maximum Gasteiger partial charge on any atom is 0.362 e. The first-order chi connectivity index (χ1) is 6.89. The minimum atomic E-state index is -0.0783. The molecule has 3 nitrogen and oxygen atoms in total. The summed E-state index contributed by atoms with van der Waals surface area (Å²) in [6.45, 7) is 4.67. The summed E-state index contributed by atoms with van der Waals surface area (Å²) in [6.07, 6.45) is 4.32. The van der Waals surface area contributed by atoms with Gasteiger partial charge >= 0.3 is 5.97 Å². The molecule has 0 radical (unpaired) electrons. The van der Waals surface area contributed by atoms with Gasteiger partial charge in [0.1, 0.15) is 6.10 Å². The largest absolute Gasteiger partial charge is 0.458 e. The van der Waals surface area contributed by atoms with Crippen LogP contribution in [-0.4, -0.2) is 44.2 Å². The number of quaternary nitrogens is 1. The molecule has 0 aromatic carbocycles. The van der Waals surface area contributed by atoms with Crippen molar-refractivity contribution in [2.75, 3.05) is 27.7 Å². The van der Waals surface area contributed by atoms with E-state index in [4.69, 9.17) is 4.74 Å². The highest BCUT2D eigenvalue weighted by Crippen LogP contribution is 2.09. The monoisotopic (exact) mass is 216 g/mol. The van der Waals surface area contributed by atoms with E-state index in [0.29, 0.717) is 11.0 Å². The molecular formula is C12H26NO2+. The van der Waals surface area contributed by atoms with Crippen molar-refractivity contribution in [2.24, 2.45) is 0 Å². The van der Waals surface area contributed by atoms with Crippen LogP contribution in [0.15, 0.2) is 0 Å². The average Bonchev–Trinajstić information content (AvgIpc) is 2.09. The van der Waals surface area contributed by atoms with E-state index in [1.165, 1.54) is 0 Å². The van der Waals surface area contributed by atoms with E-state index in [1.807, 2.05) is 21.1 Å². The van der Waals surface area contributed by atoms with Gasteiger partial charge in [0.15, 0.2) is 6.54 Å². The van der Waals surface area contributed by atoms with Gasteiger partial charge in [-0.05, 0) is 12.8 Å². The Morgan fingerprint density at radius 2 is 1.87 bits per heavy atom. The number of carbonyl (C=O) groups is 1. The summed E-state index contributed by atoms with van der Waals surface area (Å²) in [5.41, 5.74) is 0. The Hall–Kier alpha value is -0.570. The molecule has 0 rings (SSSR count). The van der Waals surface area contributed by atoms with Crippen LogP contribution < -0.4 is 0 Å². The molecule has 15 heavy (non-hydrogen) atoms. The Morgan fingerprint density at radius 3 is 2.27 bits per heavy atom. The normalized spacial score (nSPS) is 13.7. The zero-order valence-electron chi connectivity index (χ0n) is 10.9. The molecule has 0 N–H and O–H groups in total. The van der Waals surface area contributed by atoms with Crippen LogP contribution in [0.1, 0.15) is 39.5 Å². The van der Waals surface area contributed by atoms with Crippen molar-refractivity contribution in [1.29, 1.82) is 0 Å². The number of nitrogens with zero attached hydrogens (tertiary/aromatic N) is 1. The molecule has 1 unspecified atom stereocenters. The lowest BCUT2D eigenvalue weighted by atomic mass is 10.1. The predicted molar refractivity (Wildman–Crippen MR) is 62.6 cm³/mol. The number of likely N-dealkylation sites (N-methyl/N-ethyl adjacent to an activating group) is 1. The number of rotatable bonds is 7. The van der Waals surface area contributed by atoms with Crippen LogP contribution in [0, 0.1) is 0 Å². The van der Waals surface area contributed by atoms with E-state index in [1.54, 1.807) is 0 Å². The van der Waals surface area contributed by atoms with E-state index in [-0.39, 0.29) is 12.1 Å². The number of hydrogen-bond acceptors (Lipinski definition) is 2. The summed E-state index contributed by atoms with van der Waals surface area (Å²) < 4.78 is 6.05. The van der Waals surface area contributed by atoms with Gasteiger partial charge in [-0.3, -0.25) is 0 Å². The Kier molecular flexibility index (Phi) is 6.57. The van der Waals surface area contributed by atoms with Crippen molar-refractivity contribution in [3.05, 3.63) is 0 Å². The second-order valence-electron chi connectivity index (χ2n) is 5.11. The van der Waals surface area contributed by atoms with Crippen molar-refractivity contribution < 1.29 is 14.0 Å². The highest BCUT2D eigenvalue weighted by Gasteiger charge is 2.18. The van der Waals surface area contributed by atoms with E-state index in [2.05, 4.69) is 13.8 Å². The van der Waals surface area contributed by atoms with Gasteiger partial charge in [-0.25, -0.2) is 4.79 Å². The van der Waals surface area contributed by atoms with E-state index in [0.717, 1.165) is 25.7 Å². The first kappa shape index (κ1) is 14.4. The van der Waals surface area contributed by atoms with Crippen LogP contribution >= 0.6 is 0 Å². The van der Waals surface area contributed by atoms with Crippen molar-refractivity contribution >= 4 is 5.97 Å². The molecule has 0 saturated carbocycles. The lowest BCUT2D eigenvalue weighted by Gasteiger charge is -2.24. The van der Waals surface area contributed by atoms with E-state index in [9.17, 15) is 4.79 Å². The molecular weight excluding hydrogens is 190 g/mol. The molecule has 0 amide bonds. The third kappa shape index (κ3) is 8.43. The van der Waals surface area contributed by atoms with Crippen LogP contribution in [-0.2, 0) is 9.53 Å². The quantitative estimate of drug-likeness (QED) is 0.482. The zero-order chi connectivity index (χ0) is 11.9. The van der Waals surface area contributed by atoms with Gasteiger partial charge < -0.3 is 9.22 Å². The summed E-state index contributed by atoms with van der Waals surface area (Å²) in [5.74, 6) is -0.0783. The molecule has 0 spiro atoms. The fourth-order valence-electron chi connectivity index (χ4n) is 1.39. The van der Waals surface area contributed by atoms with Crippen LogP contribution in [0.5, 0.6) is 0 Å². The van der Waals surface area contributed by atoms with Crippen LogP contribution in [0.25, 0.3) is 0 Å². The Labute approximate surface area is 94.0 Å². The number of unbranched alkanes of at least 4 members (excludes halogenated alkanes) is 1. The first-order valence-electron chi connectivity index (χ1n) is 5.89. The number of hydrogen-bond donors (Lipinski definition) is 0.